The van der Waals surface area contributed by atoms with Crippen LogP contribution < -0.4 is 0 Å². The molecule has 13 N–H and O–H groups in total. The minimum atomic E-state index is -1.89. The summed E-state index contributed by atoms with van der Waals surface area (Å²) in [6.07, 6.45) is -22.4. The standard InChI is InChI=1S/C54H88O22/c1-23-32(57)36(61)40(65)44(70-23)75-43-39(64)34(59)27(21-56)72-47(43)69-22-28-35(60)38(63)42(67)46(73-28)76-48(68)54-17-15-49(2,3)19-25(54)24-9-10-30-51(6)13-12-31(74-45-41(66)37(62)33(58)26(20-55)71-45)50(4,5)29(51)11-14-53(30,8)52(24,7)16-18-54/h9,23,25-47,55-67H,10-22H2,1-8H3/t23-,25-,26+,27+,28+,29-,30+,31-,32-,33+,34+,35-,36+,37-,38-,39-,40+,41+,42+,43+,44-,45-,46-,47+,51-,52+,53+,54-/m0/s1. The van der Waals surface area contributed by atoms with Crippen LogP contribution in [0.25, 0.3) is 0 Å². The van der Waals surface area contributed by atoms with Gasteiger partial charge in [-0.15, -0.1) is 0 Å². The predicted molar refractivity (Wildman–Crippen MR) is 261 cm³/mol. The fourth-order valence-electron chi connectivity index (χ4n) is 16.4. The summed E-state index contributed by atoms with van der Waals surface area (Å²) < 4.78 is 47.7. The van der Waals surface area contributed by atoms with E-state index >= 15 is 4.79 Å². The highest BCUT2D eigenvalue weighted by Gasteiger charge is 2.70. The molecule has 436 valence electrons. The van der Waals surface area contributed by atoms with Gasteiger partial charge in [0.25, 0.3) is 0 Å². The Morgan fingerprint density at radius 2 is 1.13 bits per heavy atom. The first-order valence-corrected chi connectivity index (χ1v) is 27.7. The average Bonchev–Trinajstić information content (AvgIpc) is 3.43. The third-order valence-corrected chi connectivity index (χ3v) is 21.4. The molecule has 0 aromatic heterocycles. The number of hydrogen-bond acceptors (Lipinski definition) is 22. The molecule has 0 unspecified atom stereocenters. The number of aliphatic hydroxyl groups excluding tert-OH is 13. The molecule has 4 saturated carbocycles. The van der Waals surface area contributed by atoms with Gasteiger partial charge in [0.1, 0.15) is 91.6 Å². The van der Waals surface area contributed by atoms with Crippen molar-refractivity contribution in [2.24, 2.45) is 50.2 Å². The lowest BCUT2D eigenvalue weighted by Gasteiger charge is -2.71. The third kappa shape index (κ3) is 9.57. The van der Waals surface area contributed by atoms with Crippen molar-refractivity contribution in [1.82, 2.24) is 0 Å². The monoisotopic (exact) mass is 1090 g/mol. The number of hydrogen-bond donors (Lipinski definition) is 13. The molecule has 4 aliphatic heterocycles. The summed E-state index contributed by atoms with van der Waals surface area (Å²) >= 11 is 0. The molecule has 0 bridgehead atoms. The van der Waals surface area contributed by atoms with Gasteiger partial charge in [-0.05, 0) is 116 Å². The molecule has 0 amide bonds. The Labute approximate surface area is 444 Å². The molecule has 22 nitrogen and oxygen atoms in total. The lowest BCUT2D eigenvalue weighted by molar-refractivity contribution is -0.370. The number of carbonyl (C=O) groups is 1. The molecule has 0 aromatic rings. The fourth-order valence-corrected chi connectivity index (χ4v) is 16.4. The second-order valence-corrected chi connectivity index (χ2v) is 26.3. The van der Waals surface area contributed by atoms with E-state index in [1.54, 1.807) is 0 Å². The van der Waals surface area contributed by atoms with Crippen LogP contribution in [0.15, 0.2) is 11.6 Å². The summed E-state index contributed by atoms with van der Waals surface area (Å²) in [5.74, 6) is -0.361. The van der Waals surface area contributed by atoms with Gasteiger partial charge in [0.2, 0.25) is 6.29 Å². The Bertz CT molecular complexity index is 2090. The smallest absolute Gasteiger partial charge is 0.315 e. The van der Waals surface area contributed by atoms with Crippen LogP contribution in [0, 0.1) is 50.2 Å². The highest BCUT2D eigenvalue weighted by Crippen LogP contribution is 2.76. The highest BCUT2D eigenvalue weighted by atomic mass is 16.8. The number of ether oxygens (including phenoxy) is 8. The molecule has 4 heterocycles. The molecule has 28 atom stereocenters. The molecular formula is C54H88O22. The van der Waals surface area contributed by atoms with E-state index < -0.39 is 159 Å². The third-order valence-electron chi connectivity index (χ3n) is 21.4. The molecule has 0 radical (unpaired) electrons. The Hall–Kier alpha value is -1.59. The second kappa shape index (κ2) is 21.3. The molecule has 76 heavy (non-hydrogen) atoms. The number of fused-ring (bicyclic) bond motifs is 7. The molecule has 22 heteroatoms. The molecule has 0 spiro atoms. The highest BCUT2D eigenvalue weighted by molar-refractivity contribution is 5.79. The topological polar surface area (TPSA) is 354 Å². The summed E-state index contributed by atoms with van der Waals surface area (Å²) in [6.45, 7) is 15.5. The summed E-state index contributed by atoms with van der Waals surface area (Å²) in [5, 5.41) is 139. The van der Waals surface area contributed by atoms with E-state index in [1.807, 2.05) is 0 Å². The van der Waals surface area contributed by atoms with Crippen molar-refractivity contribution in [1.29, 1.82) is 0 Å². The SMILES string of the molecule is C[C@@H]1O[C@@H](O[C@H]2[C@H](OC[C@H]3O[C@@H](OC(=O)[C@]45CCC(C)(C)C[C@H]4C4=CC[C@@H]6[C@@]7(C)CC[C@H](O[C@@H]8O[C@H](CO)[C@@H](O)[C@H](O)[C@H]8O)C(C)(C)[C@@H]7CC[C@@]6(C)[C@]4(C)CC5)[C@H](O)[C@@H](O)[C@H]3O)O[C@H](CO)[C@@H](O)[C@@H]2O)[C@H](O)[C@H](O)[C@H]1O. The van der Waals surface area contributed by atoms with Crippen LogP contribution in [-0.2, 0) is 42.7 Å². The number of allylic oxidation sites excluding steroid dienone is 2. The van der Waals surface area contributed by atoms with Gasteiger partial charge in [0, 0.05) is 0 Å². The van der Waals surface area contributed by atoms with Crippen LogP contribution in [0.5, 0.6) is 0 Å². The fraction of sp³-hybridized carbons (Fsp3) is 0.944. The van der Waals surface area contributed by atoms with E-state index in [-0.39, 0.29) is 45.5 Å². The Morgan fingerprint density at radius 3 is 1.78 bits per heavy atom. The van der Waals surface area contributed by atoms with Crippen LogP contribution in [-0.4, -0.2) is 221 Å². The van der Waals surface area contributed by atoms with Gasteiger partial charge in [0.05, 0.1) is 37.4 Å². The first-order chi connectivity index (χ1) is 35.5. The molecular weight excluding hydrogens is 1000 g/mol. The van der Waals surface area contributed by atoms with E-state index in [2.05, 4.69) is 54.5 Å². The molecule has 0 aromatic carbocycles. The number of aliphatic hydroxyl groups is 13. The maximum absolute atomic E-state index is 15.2. The van der Waals surface area contributed by atoms with E-state index in [9.17, 15) is 66.4 Å². The van der Waals surface area contributed by atoms with E-state index in [0.717, 1.165) is 32.1 Å². The van der Waals surface area contributed by atoms with E-state index in [4.69, 9.17) is 37.9 Å². The first kappa shape index (κ1) is 59.0. The van der Waals surface area contributed by atoms with Gasteiger partial charge in [-0.3, -0.25) is 4.79 Å². The van der Waals surface area contributed by atoms with Gasteiger partial charge in [-0.1, -0.05) is 60.1 Å². The zero-order valence-corrected chi connectivity index (χ0v) is 45.1. The van der Waals surface area contributed by atoms with Crippen LogP contribution in [0.4, 0.5) is 0 Å². The van der Waals surface area contributed by atoms with Gasteiger partial charge >= 0.3 is 5.97 Å². The molecule has 4 saturated heterocycles. The normalized spacial score (nSPS) is 54.0. The number of esters is 1. The summed E-state index contributed by atoms with van der Waals surface area (Å²) in [7, 11) is 0. The van der Waals surface area contributed by atoms with Crippen molar-refractivity contribution < 1.29 is 109 Å². The second-order valence-electron chi connectivity index (χ2n) is 26.3. The van der Waals surface area contributed by atoms with Crippen LogP contribution >= 0.6 is 0 Å². The first-order valence-electron chi connectivity index (χ1n) is 27.7. The zero-order valence-electron chi connectivity index (χ0n) is 45.1. The van der Waals surface area contributed by atoms with Crippen molar-refractivity contribution in [3.63, 3.8) is 0 Å². The Kier molecular flexibility index (Phi) is 16.6. The molecule has 8 fully saturated rings. The quantitative estimate of drug-likeness (QED) is 0.0670. The van der Waals surface area contributed by atoms with E-state index in [1.165, 1.54) is 12.5 Å². The molecule has 9 aliphatic rings. The Balaban J connectivity index is 0.920. The minimum absolute atomic E-state index is 0.131. The maximum atomic E-state index is 15.2. The zero-order chi connectivity index (χ0) is 55.6. The van der Waals surface area contributed by atoms with Crippen LogP contribution in [0.3, 0.4) is 0 Å². The van der Waals surface area contributed by atoms with Gasteiger partial charge < -0.3 is 104 Å². The average molecular weight is 1090 g/mol. The summed E-state index contributed by atoms with van der Waals surface area (Å²) in [6, 6.07) is 0. The van der Waals surface area contributed by atoms with Gasteiger partial charge in [0.15, 0.2) is 18.9 Å². The predicted octanol–water partition coefficient (Wildman–Crippen LogP) is -1.01. The largest absolute Gasteiger partial charge is 0.432 e. The number of carbonyl (C=O) groups excluding carboxylic acids is 1. The number of rotatable bonds is 11. The van der Waals surface area contributed by atoms with Gasteiger partial charge in [-0.2, -0.15) is 0 Å². The van der Waals surface area contributed by atoms with Crippen molar-refractivity contribution >= 4 is 5.97 Å². The van der Waals surface area contributed by atoms with Crippen molar-refractivity contribution in [3.05, 3.63) is 11.6 Å². The van der Waals surface area contributed by atoms with Crippen LogP contribution in [0.2, 0.25) is 0 Å². The summed E-state index contributed by atoms with van der Waals surface area (Å²) in [5.41, 5.74) is -0.938. The Morgan fingerprint density at radius 1 is 0.579 bits per heavy atom. The van der Waals surface area contributed by atoms with Crippen molar-refractivity contribution in [2.75, 3.05) is 19.8 Å². The van der Waals surface area contributed by atoms with Crippen molar-refractivity contribution in [3.8, 4) is 0 Å². The van der Waals surface area contributed by atoms with Crippen LogP contribution in [0.1, 0.15) is 120 Å². The molecule has 9 rings (SSSR count). The maximum Gasteiger partial charge on any atom is 0.315 e. The van der Waals surface area contributed by atoms with E-state index in [0.29, 0.717) is 32.1 Å². The lowest BCUT2D eigenvalue weighted by atomic mass is 9.33. The lowest BCUT2D eigenvalue weighted by Crippen LogP contribution is -2.66. The minimum Gasteiger partial charge on any atom is -0.432 e. The molecule has 5 aliphatic carbocycles. The van der Waals surface area contributed by atoms with Crippen molar-refractivity contribution in [2.45, 2.75) is 249 Å². The van der Waals surface area contributed by atoms with Gasteiger partial charge in [-0.25, -0.2) is 0 Å². The summed E-state index contributed by atoms with van der Waals surface area (Å²) in [4.78, 5) is 15.2.